The van der Waals surface area contributed by atoms with Crippen LogP contribution in [-0.4, -0.2) is 5.78 Å². The van der Waals surface area contributed by atoms with Gasteiger partial charge in [0.2, 0.25) is 0 Å². The molecule has 0 aromatic heterocycles. The maximum Gasteiger partial charge on any atom is 0.164 e. The van der Waals surface area contributed by atoms with Crippen LogP contribution in [0.2, 0.25) is 0 Å². The zero-order valence-corrected chi connectivity index (χ0v) is 8.29. The molecule has 0 amide bonds. The second-order valence-corrected chi connectivity index (χ2v) is 3.18. The Morgan fingerprint density at radius 2 is 2.14 bits per heavy atom. The molecular formula is C12H13NO. The monoisotopic (exact) mass is 187 g/mol. The molecule has 0 N–H and O–H groups in total. The average Bonchev–Trinajstić information content (AvgIpc) is 2.25. The molecule has 0 radical (unpaired) electrons. The first-order chi connectivity index (χ1) is 6.79. The fraction of sp³-hybridized carbons (Fsp3) is 0.333. The van der Waals surface area contributed by atoms with Gasteiger partial charge < -0.3 is 0 Å². The molecule has 0 saturated heterocycles. The van der Waals surface area contributed by atoms with E-state index in [2.05, 4.69) is 0 Å². The van der Waals surface area contributed by atoms with E-state index >= 15 is 0 Å². The van der Waals surface area contributed by atoms with E-state index in [-0.39, 0.29) is 5.78 Å². The van der Waals surface area contributed by atoms with Gasteiger partial charge in [-0.15, -0.1) is 0 Å². The fourth-order valence-electron chi connectivity index (χ4n) is 1.30. The smallest absolute Gasteiger partial charge is 0.164 e. The van der Waals surface area contributed by atoms with Crippen molar-refractivity contribution in [2.45, 2.75) is 26.2 Å². The van der Waals surface area contributed by atoms with E-state index in [9.17, 15) is 4.79 Å². The van der Waals surface area contributed by atoms with Crippen molar-refractivity contribution in [1.29, 1.82) is 5.26 Å². The fourth-order valence-corrected chi connectivity index (χ4v) is 1.30. The van der Waals surface area contributed by atoms with Gasteiger partial charge in [0.15, 0.2) is 5.78 Å². The molecule has 0 saturated carbocycles. The summed E-state index contributed by atoms with van der Waals surface area (Å²) < 4.78 is 0. The van der Waals surface area contributed by atoms with Crippen LogP contribution < -0.4 is 0 Å². The largest absolute Gasteiger partial charge is 0.294 e. The van der Waals surface area contributed by atoms with Crippen LogP contribution in [0.4, 0.5) is 0 Å². The highest BCUT2D eigenvalue weighted by molar-refractivity contribution is 5.98. The summed E-state index contributed by atoms with van der Waals surface area (Å²) in [5, 5.41) is 8.79. The highest BCUT2D eigenvalue weighted by Crippen LogP contribution is 2.11. The summed E-state index contributed by atoms with van der Waals surface area (Å²) in [4.78, 5) is 11.6. The number of unbranched alkanes of at least 4 members (excludes halogenated alkanes) is 1. The summed E-state index contributed by atoms with van der Waals surface area (Å²) in [5.74, 6) is 0.0731. The van der Waals surface area contributed by atoms with E-state index in [0.29, 0.717) is 17.5 Å². The molecule has 1 aromatic carbocycles. The predicted octanol–water partition coefficient (Wildman–Crippen LogP) is 2.93. The summed E-state index contributed by atoms with van der Waals surface area (Å²) in [6.45, 7) is 2.05. The van der Waals surface area contributed by atoms with Crippen LogP contribution in [0.15, 0.2) is 24.3 Å². The van der Waals surface area contributed by atoms with Crippen LogP contribution in [0.3, 0.4) is 0 Å². The van der Waals surface area contributed by atoms with Crippen molar-refractivity contribution < 1.29 is 4.79 Å². The van der Waals surface area contributed by atoms with E-state index in [1.165, 1.54) is 0 Å². The van der Waals surface area contributed by atoms with E-state index in [0.717, 1.165) is 12.8 Å². The second kappa shape index (κ2) is 5.18. The van der Waals surface area contributed by atoms with Gasteiger partial charge in [0.05, 0.1) is 11.6 Å². The predicted molar refractivity (Wildman–Crippen MR) is 55.0 cm³/mol. The number of hydrogen-bond donors (Lipinski definition) is 0. The summed E-state index contributed by atoms with van der Waals surface area (Å²) in [6.07, 6.45) is 2.42. The number of rotatable bonds is 4. The molecule has 0 heterocycles. The first-order valence-corrected chi connectivity index (χ1v) is 4.82. The molecule has 72 valence electrons. The third-order valence-electron chi connectivity index (χ3n) is 2.11. The maximum absolute atomic E-state index is 11.6. The average molecular weight is 187 g/mol. The number of nitriles is 1. The van der Waals surface area contributed by atoms with Crippen molar-refractivity contribution in [3.63, 3.8) is 0 Å². The summed E-state index contributed by atoms with van der Waals surface area (Å²) in [5.41, 5.74) is 1.04. The maximum atomic E-state index is 11.6. The molecule has 0 aliphatic heterocycles. The van der Waals surface area contributed by atoms with Crippen LogP contribution >= 0.6 is 0 Å². The Balaban J connectivity index is 2.85. The van der Waals surface area contributed by atoms with Gasteiger partial charge in [-0.05, 0) is 12.5 Å². The van der Waals surface area contributed by atoms with Gasteiger partial charge in [-0.25, -0.2) is 0 Å². The Bertz CT molecular complexity index is 363. The minimum atomic E-state index is 0.0731. The highest BCUT2D eigenvalue weighted by Gasteiger charge is 2.09. The van der Waals surface area contributed by atoms with Crippen molar-refractivity contribution in [3.05, 3.63) is 35.4 Å². The number of hydrogen-bond acceptors (Lipinski definition) is 2. The lowest BCUT2D eigenvalue weighted by Crippen LogP contribution is -2.01. The molecule has 0 unspecified atom stereocenters. The zero-order chi connectivity index (χ0) is 10.4. The quantitative estimate of drug-likeness (QED) is 0.680. The number of nitrogens with zero attached hydrogens (tertiary/aromatic N) is 1. The van der Waals surface area contributed by atoms with Crippen molar-refractivity contribution in [2.24, 2.45) is 0 Å². The Kier molecular flexibility index (Phi) is 3.87. The van der Waals surface area contributed by atoms with Crippen LogP contribution in [0.5, 0.6) is 0 Å². The van der Waals surface area contributed by atoms with Gasteiger partial charge in [0, 0.05) is 12.0 Å². The lowest BCUT2D eigenvalue weighted by Gasteiger charge is -2.01. The molecule has 2 heteroatoms. The third kappa shape index (κ3) is 2.43. The Hall–Kier alpha value is -1.62. The first-order valence-electron chi connectivity index (χ1n) is 4.82. The minimum Gasteiger partial charge on any atom is -0.294 e. The van der Waals surface area contributed by atoms with Gasteiger partial charge in [-0.3, -0.25) is 4.79 Å². The van der Waals surface area contributed by atoms with Gasteiger partial charge in [-0.1, -0.05) is 31.5 Å². The topological polar surface area (TPSA) is 40.9 Å². The lowest BCUT2D eigenvalue weighted by atomic mass is 10.0. The van der Waals surface area contributed by atoms with Gasteiger partial charge >= 0.3 is 0 Å². The Labute approximate surface area is 84.2 Å². The summed E-state index contributed by atoms with van der Waals surface area (Å²) in [6, 6.07) is 9.00. The van der Waals surface area contributed by atoms with E-state index in [1.54, 1.807) is 24.3 Å². The molecule has 14 heavy (non-hydrogen) atoms. The standard InChI is InChI=1S/C12H13NO/c1-2-3-8-12(14)11-7-5-4-6-10(11)9-13/h4-7H,2-3,8H2,1H3. The molecular weight excluding hydrogens is 174 g/mol. The molecule has 0 fully saturated rings. The molecule has 0 atom stereocenters. The van der Waals surface area contributed by atoms with Crippen molar-refractivity contribution >= 4 is 5.78 Å². The highest BCUT2D eigenvalue weighted by atomic mass is 16.1. The normalized spacial score (nSPS) is 9.43. The minimum absolute atomic E-state index is 0.0731. The zero-order valence-electron chi connectivity index (χ0n) is 8.29. The van der Waals surface area contributed by atoms with E-state index in [4.69, 9.17) is 5.26 Å². The second-order valence-electron chi connectivity index (χ2n) is 3.18. The SMILES string of the molecule is CCCCC(=O)c1ccccc1C#N. The molecule has 2 nitrogen and oxygen atoms in total. The molecule has 1 aromatic rings. The third-order valence-corrected chi connectivity index (χ3v) is 2.11. The van der Waals surface area contributed by atoms with Crippen LogP contribution in [-0.2, 0) is 0 Å². The van der Waals surface area contributed by atoms with E-state index in [1.807, 2.05) is 13.0 Å². The van der Waals surface area contributed by atoms with Crippen molar-refractivity contribution in [1.82, 2.24) is 0 Å². The van der Waals surface area contributed by atoms with Gasteiger partial charge in [-0.2, -0.15) is 5.26 Å². The lowest BCUT2D eigenvalue weighted by molar-refractivity contribution is 0.0979. The Morgan fingerprint density at radius 3 is 2.79 bits per heavy atom. The van der Waals surface area contributed by atoms with Crippen LogP contribution in [0.25, 0.3) is 0 Å². The van der Waals surface area contributed by atoms with Crippen molar-refractivity contribution in [3.8, 4) is 6.07 Å². The molecule has 1 rings (SSSR count). The van der Waals surface area contributed by atoms with Crippen LogP contribution in [0, 0.1) is 11.3 Å². The number of carbonyl (C=O) groups excluding carboxylic acids is 1. The van der Waals surface area contributed by atoms with E-state index < -0.39 is 0 Å². The summed E-state index contributed by atoms with van der Waals surface area (Å²) in [7, 11) is 0. The molecule has 0 spiro atoms. The van der Waals surface area contributed by atoms with Crippen molar-refractivity contribution in [2.75, 3.05) is 0 Å². The summed E-state index contributed by atoms with van der Waals surface area (Å²) >= 11 is 0. The molecule has 0 bridgehead atoms. The number of Topliss-reactive ketones (excluding diaryl/α,β-unsaturated/α-hetero) is 1. The number of ketones is 1. The molecule has 0 aliphatic carbocycles. The first kappa shape index (κ1) is 10.5. The molecule has 0 aliphatic rings. The number of benzene rings is 1. The van der Waals surface area contributed by atoms with Gasteiger partial charge in [0.1, 0.15) is 0 Å². The van der Waals surface area contributed by atoms with Crippen LogP contribution in [0.1, 0.15) is 42.1 Å². The Morgan fingerprint density at radius 1 is 1.43 bits per heavy atom. The number of carbonyl (C=O) groups is 1. The van der Waals surface area contributed by atoms with Gasteiger partial charge in [0.25, 0.3) is 0 Å².